The van der Waals surface area contributed by atoms with Crippen molar-refractivity contribution in [2.24, 2.45) is 0 Å². The minimum atomic E-state index is -3.67. The maximum atomic E-state index is 12.8. The van der Waals surface area contributed by atoms with Crippen LogP contribution in [-0.2, 0) is 10.0 Å². The fraction of sp³-hybridized carbons (Fsp3) is 0.235. The number of nitrogens with zero attached hydrogens (tertiary/aromatic N) is 2. The maximum Gasteiger partial charge on any atom is 0.285 e. The molecule has 23 heavy (non-hydrogen) atoms. The first-order valence-electron chi connectivity index (χ1n) is 7.56. The summed E-state index contributed by atoms with van der Waals surface area (Å²) in [5.41, 5.74) is 2.86. The molecular weight excluding hydrogens is 310 g/mol. The van der Waals surface area contributed by atoms with Crippen molar-refractivity contribution in [3.05, 3.63) is 59.9 Å². The molecule has 0 atom stereocenters. The summed E-state index contributed by atoms with van der Waals surface area (Å²) >= 11 is 0. The fourth-order valence-corrected chi connectivity index (χ4v) is 4.10. The van der Waals surface area contributed by atoms with Gasteiger partial charge in [-0.15, -0.1) is 0 Å². The molecule has 3 aromatic rings. The lowest BCUT2D eigenvalue weighted by Crippen LogP contribution is -2.39. The van der Waals surface area contributed by atoms with Crippen molar-refractivity contribution in [3.8, 4) is 0 Å². The summed E-state index contributed by atoms with van der Waals surface area (Å²) in [4.78, 5) is 4.06. The smallest absolute Gasteiger partial charge is 0.285 e. The zero-order chi connectivity index (χ0) is 16.0. The molecule has 1 aliphatic rings. The molecule has 1 N–H and O–H groups in total. The summed E-state index contributed by atoms with van der Waals surface area (Å²) in [6.07, 6.45) is 3.17. The van der Waals surface area contributed by atoms with Crippen LogP contribution in [0.15, 0.2) is 53.8 Å². The predicted molar refractivity (Wildman–Crippen MR) is 89.1 cm³/mol. The van der Waals surface area contributed by atoms with E-state index in [4.69, 9.17) is 0 Å². The molecule has 0 bridgehead atoms. The van der Waals surface area contributed by atoms with Gasteiger partial charge in [0.15, 0.2) is 5.03 Å². The van der Waals surface area contributed by atoms with Gasteiger partial charge in [0.2, 0.25) is 0 Å². The molecule has 0 amide bonds. The van der Waals surface area contributed by atoms with Gasteiger partial charge in [0, 0.05) is 36.8 Å². The number of hydrogen-bond donors (Lipinski definition) is 1. The highest BCUT2D eigenvalue weighted by Gasteiger charge is 2.22. The lowest BCUT2D eigenvalue weighted by Gasteiger charge is -2.27. The zero-order valence-electron chi connectivity index (χ0n) is 12.7. The van der Waals surface area contributed by atoms with E-state index in [0.29, 0.717) is 11.4 Å². The van der Waals surface area contributed by atoms with Crippen molar-refractivity contribution >= 4 is 20.9 Å². The van der Waals surface area contributed by atoms with Crippen molar-refractivity contribution in [1.29, 1.82) is 0 Å². The Morgan fingerprint density at radius 1 is 1.17 bits per heavy atom. The van der Waals surface area contributed by atoms with E-state index in [1.54, 1.807) is 24.5 Å². The summed E-state index contributed by atoms with van der Waals surface area (Å²) in [7, 11) is -3.67. The lowest BCUT2D eigenvalue weighted by atomic mass is 9.93. The van der Waals surface area contributed by atoms with E-state index in [1.807, 2.05) is 25.1 Å². The van der Waals surface area contributed by atoms with Crippen LogP contribution in [0.4, 0.5) is 0 Å². The van der Waals surface area contributed by atoms with Crippen LogP contribution in [0.2, 0.25) is 0 Å². The Morgan fingerprint density at radius 2 is 2.00 bits per heavy atom. The average Bonchev–Trinajstić information content (AvgIpc) is 2.90. The van der Waals surface area contributed by atoms with Gasteiger partial charge in [-0.05, 0) is 42.3 Å². The van der Waals surface area contributed by atoms with Gasteiger partial charge in [0.25, 0.3) is 10.0 Å². The third kappa shape index (κ3) is 2.34. The van der Waals surface area contributed by atoms with Gasteiger partial charge in [-0.2, -0.15) is 8.42 Å². The Labute approximate surface area is 135 Å². The van der Waals surface area contributed by atoms with Crippen LogP contribution >= 0.6 is 0 Å². The normalized spacial score (nSPS) is 15.7. The second kappa shape index (κ2) is 5.18. The molecule has 0 saturated carbocycles. The van der Waals surface area contributed by atoms with Crippen LogP contribution in [-0.4, -0.2) is 30.5 Å². The van der Waals surface area contributed by atoms with Crippen LogP contribution in [0, 0.1) is 6.92 Å². The molecule has 2 aromatic heterocycles. The highest BCUT2D eigenvalue weighted by Crippen LogP contribution is 2.27. The molecule has 5 nitrogen and oxygen atoms in total. The zero-order valence-corrected chi connectivity index (χ0v) is 13.5. The molecule has 0 spiro atoms. The number of rotatable bonds is 3. The Balaban J connectivity index is 1.80. The van der Waals surface area contributed by atoms with E-state index in [2.05, 4.69) is 16.4 Å². The van der Waals surface area contributed by atoms with E-state index in [-0.39, 0.29) is 5.03 Å². The molecule has 1 aromatic carbocycles. The Hall–Kier alpha value is -2.18. The van der Waals surface area contributed by atoms with Crippen LogP contribution in [0.25, 0.3) is 10.9 Å². The third-order valence-corrected chi connectivity index (χ3v) is 5.95. The summed E-state index contributed by atoms with van der Waals surface area (Å²) in [6, 6.07) is 11.1. The van der Waals surface area contributed by atoms with Gasteiger partial charge in [-0.1, -0.05) is 12.1 Å². The number of pyridine rings is 1. The monoisotopic (exact) mass is 327 g/mol. The Morgan fingerprint density at radius 3 is 2.65 bits per heavy atom. The molecule has 0 radical (unpaired) electrons. The number of nitrogens with one attached hydrogen (secondary N) is 1. The van der Waals surface area contributed by atoms with Crippen molar-refractivity contribution in [2.45, 2.75) is 17.9 Å². The molecule has 6 heteroatoms. The average molecular weight is 327 g/mol. The van der Waals surface area contributed by atoms with Gasteiger partial charge in [0.1, 0.15) is 0 Å². The van der Waals surface area contributed by atoms with E-state index >= 15 is 0 Å². The molecule has 118 valence electrons. The number of fused-ring (bicyclic) bond motifs is 1. The van der Waals surface area contributed by atoms with E-state index in [1.165, 1.54) is 9.54 Å². The summed E-state index contributed by atoms with van der Waals surface area (Å²) < 4.78 is 26.9. The van der Waals surface area contributed by atoms with Crippen molar-refractivity contribution in [2.75, 3.05) is 13.1 Å². The SMILES string of the molecule is Cc1ccc(S(=O)(=O)n2ccc3cc(C4CNC4)ccc32)nc1. The lowest BCUT2D eigenvalue weighted by molar-refractivity contribution is 0.449. The van der Waals surface area contributed by atoms with E-state index in [0.717, 1.165) is 24.0 Å². The maximum absolute atomic E-state index is 12.8. The van der Waals surface area contributed by atoms with Crippen molar-refractivity contribution in [3.63, 3.8) is 0 Å². The first-order valence-corrected chi connectivity index (χ1v) is 9.00. The molecule has 1 aliphatic heterocycles. The molecule has 4 rings (SSSR count). The van der Waals surface area contributed by atoms with Crippen LogP contribution in [0.1, 0.15) is 17.0 Å². The number of aryl methyl sites for hydroxylation is 1. The van der Waals surface area contributed by atoms with Crippen molar-refractivity contribution < 1.29 is 8.42 Å². The quantitative estimate of drug-likeness (QED) is 0.801. The number of aromatic nitrogens is 2. The molecular formula is C17H17N3O2S. The van der Waals surface area contributed by atoms with Crippen molar-refractivity contribution in [1.82, 2.24) is 14.3 Å². The molecule has 0 aliphatic carbocycles. The first-order chi connectivity index (χ1) is 11.1. The summed E-state index contributed by atoms with van der Waals surface area (Å²) in [6.45, 7) is 3.85. The second-order valence-electron chi connectivity index (χ2n) is 5.96. The third-order valence-electron chi connectivity index (χ3n) is 4.34. The standard InChI is InChI=1S/C17H17N3O2S/c1-12-2-5-17(19-9-12)23(21,22)20-7-6-14-8-13(3-4-16(14)20)15-10-18-11-15/h2-9,15,18H,10-11H2,1H3. The largest absolute Gasteiger partial charge is 0.315 e. The van der Waals surface area contributed by atoms with Gasteiger partial charge in [-0.3, -0.25) is 0 Å². The van der Waals surface area contributed by atoms with Crippen LogP contribution in [0.5, 0.6) is 0 Å². The van der Waals surface area contributed by atoms with Gasteiger partial charge < -0.3 is 5.32 Å². The second-order valence-corrected chi connectivity index (χ2v) is 7.73. The molecule has 0 unspecified atom stereocenters. The summed E-state index contributed by atoms with van der Waals surface area (Å²) in [5, 5.41) is 4.25. The van der Waals surface area contributed by atoms with E-state index in [9.17, 15) is 8.42 Å². The Kier molecular flexibility index (Phi) is 3.25. The highest BCUT2D eigenvalue weighted by atomic mass is 32.2. The van der Waals surface area contributed by atoms with Crippen LogP contribution in [0.3, 0.4) is 0 Å². The fourth-order valence-electron chi connectivity index (χ4n) is 2.83. The Bertz CT molecular complexity index is 971. The number of benzene rings is 1. The topological polar surface area (TPSA) is 64.0 Å². The molecule has 3 heterocycles. The van der Waals surface area contributed by atoms with Gasteiger partial charge >= 0.3 is 0 Å². The molecule has 1 fully saturated rings. The van der Waals surface area contributed by atoms with Gasteiger partial charge in [-0.25, -0.2) is 8.96 Å². The molecule has 1 saturated heterocycles. The minimum absolute atomic E-state index is 0.0628. The van der Waals surface area contributed by atoms with E-state index < -0.39 is 10.0 Å². The predicted octanol–water partition coefficient (Wildman–Crippen LogP) is 2.27. The van der Waals surface area contributed by atoms with Gasteiger partial charge in [0.05, 0.1) is 5.52 Å². The van der Waals surface area contributed by atoms with Crippen LogP contribution < -0.4 is 5.32 Å². The number of hydrogen-bond acceptors (Lipinski definition) is 4. The minimum Gasteiger partial charge on any atom is -0.315 e. The highest BCUT2D eigenvalue weighted by molar-refractivity contribution is 7.90. The first kappa shape index (κ1) is 14.4. The summed E-state index contributed by atoms with van der Waals surface area (Å²) in [5.74, 6) is 0.526.